The van der Waals surface area contributed by atoms with E-state index >= 15 is 0 Å². The van der Waals surface area contributed by atoms with E-state index in [9.17, 15) is 44.7 Å². The molecule has 0 spiro atoms. The van der Waals surface area contributed by atoms with Gasteiger partial charge in [0.15, 0.2) is 15.6 Å². The SMILES string of the molecule is CC(C)(Cc1ccc(C(O)(C(F)(F)F)C(F)(F)F)cc1)C(=O)CS(=O)(=O)c1ccccc1. The third-order valence-electron chi connectivity index (χ3n) is 5.02. The Morgan fingerprint density at radius 2 is 1.31 bits per heavy atom. The first-order valence-corrected chi connectivity index (χ1v) is 10.8. The van der Waals surface area contributed by atoms with Crippen LogP contribution in [0.15, 0.2) is 59.5 Å². The molecule has 2 rings (SSSR count). The lowest BCUT2D eigenvalue weighted by atomic mass is 9.81. The van der Waals surface area contributed by atoms with Crippen LogP contribution in [0.5, 0.6) is 0 Å². The molecule has 0 aliphatic heterocycles. The largest absolute Gasteiger partial charge is 0.430 e. The lowest BCUT2D eigenvalue weighted by molar-refractivity contribution is -0.376. The molecular weight excluding hydrogens is 462 g/mol. The Morgan fingerprint density at radius 1 is 0.844 bits per heavy atom. The van der Waals surface area contributed by atoms with Crippen molar-refractivity contribution >= 4 is 15.6 Å². The highest BCUT2D eigenvalue weighted by molar-refractivity contribution is 7.92. The number of benzene rings is 2. The fourth-order valence-corrected chi connectivity index (χ4v) is 4.51. The molecule has 0 atom stereocenters. The monoisotopic (exact) mass is 482 g/mol. The van der Waals surface area contributed by atoms with E-state index in [-0.39, 0.29) is 16.9 Å². The first-order chi connectivity index (χ1) is 14.4. The van der Waals surface area contributed by atoms with Gasteiger partial charge in [0.2, 0.25) is 0 Å². The smallest absolute Gasteiger partial charge is 0.369 e. The van der Waals surface area contributed by atoms with Crippen LogP contribution in [-0.2, 0) is 26.7 Å². The van der Waals surface area contributed by atoms with Gasteiger partial charge < -0.3 is 5.11 Å². The zero-order valence-electron chi connectivity index (χ0n) is 17.0. The molecule has 4 nitrogen and oxygen atoms in total. The van der Waals surface area contributed by atoms with Crippen molar-refractivity contribution in [1.82, 2.24) is 0 Å². The van der Waals surface area contributed by atoms with Crippen molar-refractivity contribution in [3.05, 3.63) is 65.7 Å². The van der Waals surface area contributed by atoms with Gasteiger partial charge in [0.1, 0.15) is 5.75 Å². The Kier molecular flexibility index (Phi) is 6.88. The summed E-state index contributed by atoms with van der Waals surface area (Å²) in [6.07, 6.45) is -12.2. The van der Waals surface area contributed by atoms with Crippen LogP contribution in [0.4, 0.5) is 26.3 Å². The number of rotatable bonds is 7. The van der Waals surface area contributed by atoms with Crippen molar-refractivity contribution in [2.24, 2.45) is 5.41 Å². The molecule has 0 saturated heterocycles. The van der Waals surface area contributed by atoms with Crippen molar-refractivity contribution in [2.45, 2.75) is 43.1 Å². The lowest BCUT2D eigenvalue weighted by Crippen LogP contribution is -2.53. The van der Waals surface area contributed by atoms with E-state index in [2.05, 4.69) is 0 Å². The van der Waals surface area contributed by atoms with Crippen molar-refractivity contribution < 1.29 is 44.7 Å². The predicted molar refractivity (Wildman–Crippen MR) is 103 cm³/mol. The van der Waals surface area contributed by atoms with E-state index in [1.54, 1.807) is 6.07 Å². The highest BCUT2D eigenvalue weighted by atomic mass is 32.2. The molecule has 2 aromatic rings. The molecule has 0 bridgehead atoms. The van der Waals surface area contributed by atoms with E-state index in [4.69, 9.17) is 0 Å². The molecule has 1 N–H and O–H groups in total. The van der Waals surface area contributed by atoms with E-state index in [0.717, 1.165) is 12.1 Å². The number of carbonyl (C=O) groups is 1. The molecular formula is C21H20F6O4S. The van der Waals surface area contributed by atoms with Crippen molar-refractivity contribution in [2.75, 3.05) is 5.75 Å². The Balaban J connectivity index is 2.24. The Morgan fingerprint density at radius 3 is 1.75 bits per heavy atom. The summed E-state index contributed by atoms with van der Waals surface area (Å²) in [5.74, 6) is -1.49. The maximum absolute atomic E-state index is 13.0. The van der Waals surface area contributed by atoms with E-state index in [1.165, 1.54) is 38.1 Å². The van der Waals surface area contributed by atoms with Gasteiger partial charge in [0, 0.05) is 11.0 Å². The molecule has 2 aromatic carbocycles. The van der Waals surface area contributed by atoms with Crippen LogP contribution in [0, 0.1) is 5.41 Å². The summed E-state index contributed by atoms with van der Waals surface area (Å²) in [5.41, 5.74) is -7.56. The van der Waals surface area contributed by atoms with Crippen molar-refractivity contribution in [3.63, 3.8) is 0 Å². The summed E-state index contributed by atoms with van der Waals surface area (Å²) >= 11 is 0. The Hall–Kier alpha value is -2.40. The van der Waals surface area contributed by atoms with E-state index in [0.29, 0.717) is 12.1 Å². The molecule has 0 aliphatic rings. The highest BCUT2D eigenvalue weighted by Crippen LogP contribution is 2.50. The molecule has 0 unspecified atom stereocenters. The molecule has 11 heteroatoms. The number of sulfone groups is 1. The van der Waals surface area contributed by atoms with E-state index < -0.39 is 50.3 Å². The van der Waals surface area contributed by atoms with Crippen LogP contribution >= 0.6 is 0 Å². The average Bonchev–Trinajstić information content (AvgIpc) is 2.66. The summed E-state index contributed by atoms with van der Waals surface area (Å²) in [6, 6.07) is 10.1. The maximum atomic E-state index is 13.0. The second-order valence-electron chi connectivity index (χ2n) is 7.96. The van der Waals surface area contributed by atoms with Gasteiger partial charge in [0.25, 0.3) is 5.60 Å². The second kappa shape index (κ2) is 8.51. The van der Waals surface area contributed by atoms with Gasteiger partial charge in [-0.15, -0.1) is 0 Å². The molecule has 32 heavy (non-hydrogen) atoms. The van der Waals surface area contributed by atoms with Crippen molar-refractivity contribution in [1.29, 1.82) is 0 Å². The first-order valence-electron chi connectivity index (χ1n) is 9.18. The zero-order valence-corrected chi connectivity index (χ0v) is 17.8. The topological polar surface area (TPSA) is 71.4 Å². The Labute approximate surface area is 180 Å². The van der Waals surface area contributed by atoms with Gasteiger partial charge in [-0.05, 0) is 24.1 Å². The minimum absolute atomic E-state index is 0.0490. The van der Waals surface area contributed by atoms with Gasteiger partial charge in [-0.1, -0.05) is 56.3 Å². The number of aliphatic hydroxyl groups is 1. The summed E-state index contributed by atoms with van der Waals surface area (Å²) < 4.78 is 103. The number of alkyl halides is 6. The van der Waals surface area contributed by atoms with Gasteiger partial charge in [-0.2, -0.15) is 26.3 Å². The molecule has 0 aliphatic carbocycles. The molecule has 0 aromatic heterocycles. The minimum atomic E-state index is -6.01. The summed E-state index contributed by atoms with van der Waals surface area (Å²) in [5, 5.41) is 9.43. The van der Waals surface area contributed by atoms with Crippen LogP contribution in [0.2, 0.25) is 0 Å². The van der Waals surface area contributed by atoms with Gasteiger partial charge in [-0.3, -0.25) is 4.79 Å². The number of hydrogen-bond acceptors (Lipinski definition) is 4. The number of halogens is 6. The number of carbonyl (C=O) groups excluding carboxylic acids is 1. The minimum Gasteiger partial charge on any atom is -0.369 e. The van der Waals surface area contributed by atoms with Crippen LogP contribution in [-0.4, -0.2) is 37.4 Å². The summed E-state index contributed by atoms with van der Waals surface area (Å²) in [7, 11) is -3.93. The van der Waals surface area contributed by atoms with Crippen LogP contribution in [0.25, 0.3) is 0 Å². The molecule has 0 fully saturated rings. The maximum Gasteiger partial charge on any atom is 0.430 e. The lowest BCUT2D eigenvalue weighted by Gasteiger charge is -2.32. The second-order valence-corrected chi connectivity index (χ2v) is 9.95. The fourth-order valence-electron chi connectivity index (χ4n) is 3.04. The Bertz CT molecular complexity index is 1040. The third kappa shape index (κ3) is 5.15. The standard InChI is InChI=1S/C21H20F6O4S/c1-18(2,17(28)13-32(30,31)16-6-4-3-5-7-16)12-14-8-10-15(11-9-14)19(29,20(22,23)24)21(25,26)27/h3-11,29H,12-13H2,1-2H3. The molecule has 0 amide bonds. The number of hydrogen-bond donors (Lipinski definition) is 1. The van der Waals surface area contributed by atoms with Gasteiger partial charge in [-0.25, -0.2) is 8.42 Å². The molecule has 0 saturated carbocycles. The number of Topliss-reactive ketones (excluding diaryl/α,β-unsaturated/α-hetero) is 1. The van der Waals surface area contributed by atoms with Crippen LogP contribution < -0.4 is 0 Å². The summed E-state index contributed by atoms with van der Waals surface area (Å²) in [4.78, 5) is 12.6. The third-order valence-corrected chi connectivity index (χ3v) is 6.65. The van der Waals surface area contributed by atoms with Crippen LogP contribution in [0.3, 0.4) is 0 Å². The predicted octanol–water partition coefficient (Wildman–Crippen LogP) is 4.61. The quantitative estimate of drug-likeness (QED) is 0.586. The number of ketones is 1. The van der Waals surface area contributed by atoms with Gasteiger partial charge >= 0.3 is 12.4 Å². The van der Waals surface area contributed by atoms with E-state index in [1.807, 2.05) is 0 Å². The fraction of sp³-hybridized carbons (Fsp3) is 0.381. The average molecular weight is 482 g/mol. The van der Waals surface area contributed by atoms with Crippen LogP contribution in [0.1, 0.15) is 25.0 Å². The highest BCUT2D eigenvalue weighted by Gasteiger charge is 2.71. The first kappa shape index (κ1) is 25.9. The van der Waals surface area contributed by atoms with Crippen molar-refractivity contribution in [3.8, 4) is 0 Å². The summed E-state index contributed by atoms with van der Waals surface area (Å²) in [6.45, 7) is 2.84. The normalized spacial score (nSPS) is 13.8. The molecule has 0 radical (unpaired) electrons. The molecule has 176 valence electrons. The zero-order chi connectivity index (χ0) is 24.6. The van der Waals surface area contributed by atoms with Gasteiger partial charge in [0.05, 0.1) is 4.90 Å². The molecule has 0 heterocycles.